The molecule has 0 bridgehead atoms. The molecule has 5 heteroatoms. The van der Waals surface area contributed by atoms with E-state index in [4.69, 9.17) is 15.2 Å². The van der Waals surface area contributed by atoms with Gasteiger partial charge >= 0.3 is 5.97 Å². The minimum atomic E-state index is -0.618. The van der Waals surface area contributed by atoms with Crippen molar-refractivity contribution in [3.8, 4) is 6.07 Å². The molecule has 1 atom stereocenters. The SMILES string of the molecule is CCc1ccc([C@@H]2C(C#N)=C(N)OC(C)=C2C(=O)OCc2ccccc2)cc1. The zero-order valence-corrected chi connectivity index (χ0v) is 15.9. The van der Waals surface area contributed by atoms with Gasteiger partial charge in [-0.2, -0.15) is 5.26 Å². The van der Waals surface area contributed by atoms with Gasteiger partial charge < -0.3 is 15.2 Å². The molecule has 0 aliphatic carbocycles. The largest absolute Gasteiger partial charge is 0.457 e. The summed E-state index contributed by atoms with van der Waals surface area (Å²) in [4.78, 5) is 12.9. The lowest BCUT2D eigenvalue weighted by Crippen LogP contribution is -2.25. The minimum Gasteiger partial charge on any atom is -0.457 e. The molecule has 0 saturated heterocycles. The third kappa shape index (κ3) is 3.91. The van der Waals surface area contributed by atoms with Crippen molar-refractivity contribution in [2.75, 3.05) is 0 Å². The maximum atomic E-state index is 12.9. The van der Waals surface area contributed by atoms with Crippen LogP contribution in [0.5, 0.6) is 0 Å². The van der Waals surface area contributed by atoms with E-state index in [2.05, 4.69) is 13.0 Å². The first-order valence-corrected chi connectivity index (χ1v) is 9.13. The van der Waals surface area contributed by atoms with Crippen LogP contribution in [0.1, 0.15) is 36.5 Å². The number of carbonyl (C=O) groups excluding carboxylic acids is 1. The second-order valence-electron chi connectivity index (χ2n) is 6.55. The fraction of sp³-hybridized carbons (Fsp3) is 0.217. The molecular weight excluding hydrogens is 352 g/mol. The van der Waals surface area contributed by atoms with Crippen molar-refractivity contribution in [3.05, 3.63) is 94.1 Å². The van der Waals surface area contributed by atoms with E-state index >= 15 is 0 Å². The van der Waals surface area contributed by atoms with E-state index in [1.165, 1.54) is 5.56 Å². The molecule has 1 heterocycles. The molecule has 1 aliphatic heterocycles. The van der Waals surface area contributed by atoms with Crippen molar-refractivity contribution in [2.24, 2.45) is 5.73 Å². The molecule has 0 saturated carbocycles. The summed E-state index contributed by atoms with van der Waals surface area (Å²) in [6.45, 7) is 3.87. The zero-order chi connectivity index (χ0) is 20.1. The Balaban J connectivity index is 1.94. The van der Waals surface area contributed by atoms with Gasteiger partial charge in [0.05, 0.1) is 11.5 Å². The van der Waals surface area contributed by atoms with E-state index in [1.54, 1.807) is 6.92 Å². The fourth-order valence-electron chi connectivity index (χ4n) is 3.23. The highest BCUT2D eigenvalue weighted by Gasteiger charge is 2.36. The lowest BCUT2D eigenvalue weighted by molar-refractivity contribution is -0.140. The second-order valence-corrected chi connectivity index (χ2v) is 6.55. The van der Waals surface area contributed by atoms with Crippen molar-refractivity contribution >= 4 is 5.97 Å². The van der Waals surface area contributed by atoms with Crippen LogP contribution in [-0.4, -0.2) is 5.97 Å². The van der Waals surface area contributed by atoms with Gasteiger partial charge in [0, 0.05) is 0 Å². The molecule has 3 rings (SSSR count). The Morgan fingerprint density at radius 2 is 1.82 bits per heavy atom. The summed E-state index contributed by atoms with van der Waals surface area (Å²) in [7, 11) is 0. The van der Waals surface area contributed by atoms with Crippen molar-refractivity contribution in [1.82, 2.24) is 0 Å². The van der Waals surface area contributed by atoms with Gasteiger partial charge in [0.25, 0.3) is 0 Å². The summed E-state index contributed by atoms with van der Waals surface area (Å²) in [5.41, 5.74) is 9.29. The number of allylic oxidation sites excluding steroid dienone is 2. The van der Waals surface area contributed by atoms with E-state index in [0.717, 1.165) is 17.5 Å². The van der Waals surface area contributed by atoms with E-state index in [9.17, 15) is 10.1 Å². The third-order valence-corrected chi connectivity index (χ3v) is 4.76. The number of nitriles is 1. The summed E-state index contributed by atoms with van der Waals surface area (Å²) >= 11 is 0. The highest BCUT2D eigenvalue weighted by Crippen LogP contribution is 2.39. The van der Waals surface area contributed by atoms with E-state index in [1.807, 2.05) is 54.6 Å². The topological polar surface area (TPSA) is 85.3 Å². The summed E-state index contributed by atoms with van der Waals surface area (Å²) in [6, 6.07) is 19.3. The molecule has 2 aromatic carbocycles. The van der Waals surface area contributed by atoms with Crippen LogP contribution in [0.2, 0.25) is 0 Å². The molecule has 0 spiro atoms. The number of ether oxygens (including phenoxy) is 2. The van der Waals surface area contributed by atoms with Gasteiger partial charge in [0.2, 0.25) is 5.88 Å². The predicted molar refractivity (Wildman–Crippen MR) is 105 cm³/mol. The van der Waals surface area contributed by atoms with Gasteiger partial charge in [-0.1, -0.05) is 61.5 Å². The van der Waals surface area contributed by atoms with E-state index < -0.39 is 11.9 Å². The number of carbonyl (C=O) groups is 1. The van der Waals surface area contributed by atoms with Crippen LogP contribution < -0.4 is 5.73 Å². The number of hydrogen-bond donors (Lipinski definition) is 1. The van der Waals surface area contributed by atoms with Gasteiger partial charge in [-0.25, -0.2) is 4.79 Å². The first-order valence-electron chi connectivity index (χ1n) is 9.13. The van der Waals surface area contributed by atoms with Crippen LogP contribution in [-0.2, 0) is 27.3 Å². The van der Waals surface area contributed by atoms with Crippen LogP contribution in [0.15, 0.2) is 77.4 Å². The van der Waals surface area contributed by atoms with Crippen molar-refractivity contribution in [3.63, 3.8) is 0 Å². The molecule has 142 valence electrons. The van der Waals surface area contributed by atoms with Crippen molar-refractivity contribution in [2.45, 2.75) is 32.8 Å². The van der Waals surface area contributed by atoms with Crippen molar-refractivity contribution in [1.29, 1.82) is 5.26 Å². The molecule has 0 amide bonds. The Hall–Kier alpha value is -3.52. The normalized spacial score (nSPS) is 16.4. The van der Waals surface area contributed by atoms with Gasteiger partial charge in [-0.05, 0) is 30.0 Å². The Kier molecular flexibility index (Phi) is 5.81. The van der Waals surface area contributed by atoms with Gasteiger partial charge in [0.15, 0.2) is 0 Å². The van der Waals surface area contributed by atoms with Crippen LogP contribution in [0, 0.1) is 11.3 Å². The number of rotatable bonds is 5. The molecular formula is C23H22N2O3. The monoisotopic (exact) mass is 374 g/mol. The molecule has 5 nitrogen and oxygen atoms in total. The number of hydrogen-bond acceptors (Lipinski definition) is 5. The molecule has 2 N–H and O–H groups in total. The van der Waals surface area contributed by atoms with Crippen molar-refractivity contribution < 1.29 is 14.3 Å². The van der Waals surface area contributed by atoms with Crippen LogP contribution >= 0.6 is 0 Å². The summed E-state index contributed by atoms with van der Waals surface area (Å²) in [5.74, 6) is -0.776. The average Bonchev–Trinajstić information content (AvgIpc) is 2.72. The molecule has 0 unspecified atom stereocenters. The Morgan fingerprint density at radius 1 is 1.14 bits per heavy atom. The molecule has 0 aromatic heterocycles. The summed E-state index contributed by atoms with van der Waals surface area (Å²) in [5, 5.41) is 9.65. The van der Waals surface area contributed by atoms with E-state index in [0.29, 0.717) is 11.3 Å². The molecule has 0 fully saturated rings. The summed E-state index contributed by atoms with van der Waals surface area (Å²) < 4.78 is 11.0. The number of nitrogens with zero attached hydrogens (tertiary/aromatic N) is 1. The van der Waals surface area contributed by atoms with Gasteiger partial charge in [-0.15, -0.1) is 0 Å². The first-order chi connectivity index (χ1) is 13.5. The molecule has 1 aliphatic rings. The molecule has 28 heavy (non-hydrogen) atoms. The number of aryl methyl sites for hydroxylation is 1. The second kappa shape index (κ2) is 8.45. The number of esters is 1. The average molecular weight is 374 g/mol. The highest BCUT2D eigenvalue weighted by molar-refractivity contribution is 5.92. The minimum absolute atomic E-state index is 0.0178. The molecule has 0 radical (unpaired) electrons. The smallest absolute Gasteiger partial charge is 0.338 e. The Bertz CT molecular complexity index is 967. The number of benzene rings is 2. The van der Waals surface area contributed by atoms with E-state index in [-0.39, 0.29) is 18.1 Å². The lowest BCUT2D eigenvalue weighted by Gasteiger charge is -2.27. The van der Waals surface area contributed by atoms with Crippen LogP contribution in [0.4, 0.5) is 0 Å². The predicted octanol–water partition coefficient (Wildman–Crippen LogP) is 4.07. The van der Waals surface area contributed by atoms with Crippen LogP contribution in [0.3, 0.4) is 0 Å². The standard InChI is InChI=1S/C23H22N2O3/c1-3-16-9-11-18(12-10-16)21-19(13-24)22(25)28-15(2)20(21)23(26)27-14-17-7-5-4-6-8-17/h4-12,21H,3,14,25H2,1-2H3/t21-/m1/s1. The Labute approximate surface area is 164 Å². The first kappa shape index (κ1) is 19.2. The molecule has 2 aromatic rings. The maximum Gasteiger partial charge on any atom is 0.338 e. The summed E-state index contributed by atoms with van der Waals surface area (Å²) in [6.07, 6.45) is 0.901. The van der Waals surface area contributed by atoms with Gasteiger partial charge in [0.1, 0.15) is 24.0 Å². The number of nitrogens with two attached hydrogens (primary N) is 1. The third-order valence-electron chi connectivity index (χ3n) is 4.76. The fourth-order valence-corrected chi connectivity index (χ4v) is 3.23. The lowest BCUT2D eigenvalue weighted by atomic mass is 9.83. The quantitative estimate of drug-likeness (QED) is 0.797. The Morgan fingerprint density at radius 3 is 2.43 bits per heavy atom. The maximum absolute atomic E-state index is 12.9. The zero-order valence-electron chi connectivity index (χ0n) is 15.9. The van der Waals surface area contributed by atoms with Gasteiger partial charge in [-0.3, -0.25) is 0 Å². The van der Waals surface area contributed by atoms with Crippen LogP contribution in [0.25, 0.3) is 0 Å². The highest BCUT2D eigenvalue weighted by atomic mass is 16.5.